The van der Waals surface area contributed by atoms with Crippen LogP contribution in [0.5, 0.6) is 0 Å². The van der Waals surface area contributed by atoms with Crippen molar-refractivity contribution in [3.05, 3.63) is 64.7 Å². The van der Waals surface area contributed by atoms with Crippen molar-refractivity contribution < 1.29 is 13.6 Å². The number of carbonyl (C=O) groups excluding carboxylic acids is 1. The Labute approximate surface area is 197 Å². The lowest BCUT2D eigenvalue weighted by Crippen LogP contribution is -2.49. The Bertz CT molecular complexity index is 1350. The van der Waals surface area contributed by atoms with E-state index in [0.29, 0.717) is 42.2 Å². The van der Waals surface area contributed by atoms with Crippen LogP contribution in [0.3, 0.4) is 0 Å². The van der Waals surface area contributed by atoms with Crippen molar-refractivity contribution in [2.24, 2.45) is 4.99 Å². The summed E-state index contributed by atoms with van der Waals surface area (Å²) in [5, 5.41) is 3.36. The lowest BCUT2D eigenvalue weighted by Gasteiger charge is -2.33. The SMILES string of the molecule is CC/C(C)=C(/N=c1c(F)cc(N2CCNC(C)C2)cn1C(C)=O)c1cc(F)c2nc(C)cn2c1. The van der Waals surface area contributed by atoms with Gasteiger partial charge in [-0.05, 0) is 38.8 Å². The van der Waals surface area contributed by atoms with Crippen molar-refractivity contribution in [2.45, 2.75) is 47.1 Å². The molecular weight excluding hydrogens is 438 g/mol. The maximum atomic E-state index is 15.5. The Hall–Kier alpha value is -3.33. The average molecular weight is 469 g/mol. The van der Waals surface area contributed by atoms with Crippen LogP contribution >= 0.6 is 0 Å². The molecule has 7 nitrogen and oxygen atoms in total. The van der Waals surface area contributed by atoms with E-state index in [-0.39, 0.29) is 23.1 Å². The first-order chi connectivity index (χ1) is 16.2. The second-order valence-corrected chi connectivity index (χ2v) is 8.84. The molecule has 0 radical (unpaired) electrons. The van der Waals surface area contributed by atoms with Gasteiger partial charge in [0.15, 0.2) is 22.8 Å². The smallest absolute Gasteiger partial charge is 0.229 e. The number of anilines is 1. The van der Waals surface area contributed by atoms with E-state index in [2.05, 4.69) is 22.2 Å². The molecule has 1 atom stereocenters. The molecule has 0 spiro atoms. The monoisotopic (exact) mass is 468 g/mol. The molecule has 4 heterocycles. The minimum absolute atomic E-state index is 0.107. The highest BCUT2D eigenvalue weighted by atomic mass is 19.1. The van der Waals surface area contributed by atoms with Gasteiger partial charge in [-0.25, -0.2) is 18.8 Å². The van der Waals surface area contributed by atoms with Crippen LogP contribution in [0, 0.1) is 18.6 Å². The fourth-order valence-electron chi connectivity index (χ4n) is 4.22. The molecule has 1 saturated heterocycles. The summed E-state index contributed by atoms with van der Waals surface area (Å²) in [4.78, 5) is 23.4. The third-order valence-corrected chi connectivity index (χ3v) is 6.10. The van der Waals surface area contributed by atoms with Gasteiger partial charge in [0.25, 0.3) is 0 Å². The molecule has 1 aliphatic rings. The van der Waals surface area contributed by atoms with Crippen molar-refractivity contribution in [1.29, 1.82) is 0 Å². The summed E-state index contributed by atoms with van der Waals surface area (Å²) in [6.45, 7) is 11.2. The van der Waals surface area contributed by atoms with Gasteiger partial charge in [-0.3, -0.25) is 9.36 Å². The molecule has 34 heavy (non-hydrogen) atoms. The first-order valence-corrected chi connectivity index (χ1v) is 11.5. The standard InChI is InChI=1S/C25H30F2N6O/c1-6-15(2)23(19-9-21(26)24-29-17(4)12-32(24)13-19)30-25-22(27)10-20(14-33(25)18(5)34)31-8-7-28-16(3)11-31/h9-10,12-14,16,28H,6-8,11H2,1-5H3/b23-15+,30-25?. The van der Waals surface area contributed by atoms with E-state index >= 15 is 4.39 Å². The zero-order valence-corrected chi connectivity index (χ0v) is 20.2. The van der Waals surface area contributed by atoms with E-state index in [1.165, 1.54) is 23.6 Å². The predicted octanol–water partition coefficient (Wildman–Crippen LogP) is 3.92. The number of piperazine rings is 1. The van der Waals surface area contributed by atoms with Crippen molar-refractivity contribution in [3.63, 3.8) is 0 Å². The number of nitrogens with one attached hydrogen (secondary N) is 1. The molecule has 1 fully saturated rings. The molecule has 4 rings (SSSR count). The Morgan fingerprint density at radius 2 is 1.97 bits per heavy atom. The van der Waals surface area contributed by atoms with Gasteiger partial charge in [0, 0.05) is 62.8 Å². The Balaban J connectivity index is 1.90. The van der Waals surface area contributed by atoms with E-state index in [1.54, 1.807) is 29.9 Å². The number of pyridine rings is 2. The molecule has 0 aliphatic carbocycles. The summed E-state index contributed by atoms with van der Waals surface area (Å²) in [7, 11) is 0. The molecule has 1 unspecified atom stereocenters. The summed E-state index contributed by atoms with van der Waals surface area (Å²) in [5.74, 6) is -1.46. The van der Waals surface area contributed by atoms with Crippen LogP contribution in [0.1, 0.15) is 50.2 Å². The van der Waals surface area contributed by atoms with Crippen LogP contribution in [-0.4, -0.2) is 45.5 Å². The highest BCUT2D eigenvalue weighted by molar-refractivity contribution is 5.77. The third-order valence-electron chi connectivity index (χ3n) is 6.10. The molecule has 3 aromatic rings. The molecule has 1 N–H and O–H groups in total. The van der Waals surface area contributed by atoms with E-state index in [9.17, 15) is 9.18 Å². The number of imidazole rings is 1. The summed E-state index contributed by atoms with van der Waals surface area (Å²) in [5.41, 5.74) is 3.16. The molecule has 0 aromatic carbocycles. The van der Waals surface area contributed by atoms with E-state index < -0.39 is 11.6 Å². The molecule has 0 amide bonds. The maximum absolute atomic E-state index is 15.5. The molecule has 1 aliphatic heterocycles. The number of rotatable bonds is 4. The predicted molar refractivity (Wildman–Crippen MR) is 129 cm³/mol. The van der Waals surface area contributed by atoms with E-state index in [4.69, 9.17) is 0 Å². The molecular formula is C25H30F2N6O. The summed E-state index contributed by atoms with van der Waals surface area (Å²) in [6.07, 6.45) is 5.70. The van der Waals surface area contributed by atoms with Crippen molar-refractivity contribution >= 4 is 22.9 Å². The van der Waals surface area contributed by atoms with Gasteiger partial charge < -0.3 is 14.6 Å². The number of aromatic nitrogens is 3. The third kappa shape index (κ3) is 4.65. The summed E-state index contributed by atoms with van der Waals surface area (Å²) in [6, 6.07) is 3.02. The van der Waals surface area contributed by atoms with Crippen molar-refractivity contribution in [3.8, 4) is 0 Å². The fraction of sp³-hybridized carbons (Fsp3) is 0.400. The van der Waals surface area contributed by atoms with Crippen LogP contribution in [0.15, 0.2) is 41.3 Å². The van der Waals surface area contributed by atoms with E-state index in [1.807, 2.05) is 18.7 Å². The number of allylic oxidation sites excluding steroid dienone is 1. The van der Waals surface area contributed by atoms with E-state index in [0.717, 1.165) is 12.1 Å². The fourth-order valence-corrected chi connectivity index (χ4v) is 4.22. The van der Waals surface area contributed by atoms with Gasteiger partial charge in [-0.15, -0.1) is 0 Å². The zero-order chi connectivity index (χ0) is 24.6. The molecule has 180 valence electrons. The molecule has 0 bridgehead atoms. The number of aryl methyl sites for hydroxylation is 1. The number of halogens is 2. The Morgan fingerprint density at radius 3 is 2.65 bits per heavy atom. The van der Waals surface area contributed by atoms with Crippen LogP contribution in [-0.2, 0) is 0 Å². The van der Waals surface area contributed by atoms with Gasteiger partial charge in [-0.2, -0.15) is 0 Å². The van der Waals surface area contributed by atoms with Gasteiger partial charge in [0.2, 0.25) is 5.91 Å². The Morgan fingerprint density at radius 1 is 1.21 bits per heavy atom. The zero-order valence-electron chi connectivity index (χ0n) is 20.2. The maximum Gasteiger partial charge on any atom is 0.229 e. The summed E-state index contributed by atoms with van der Waals surface area (Å²) < 4.78 is 33.1. The summed E-state index contributed by atoms with van der Waals surface area (Å²) >= 11 is 0. The minimum atomic E-state index is -0.611. The topological polar surface area (TPSA) is 66.9 Å². The number of fused-ring (bicyclic) bond motifs is 1. The Kier molecular flexibility index (Phi) is 6.65. The van der Waals surface area contributed by atoms with Crippen molar-refractivity contribution in [1.82, 2.24) is 19.3 Å². The van der Waals surface area contributed by atoms with Crippen molar-refractivity contribution in [2.75, 3.05) is 24.5 Å². The molecule has 9 heteroatoms. The molecule has 0 saturated carbocycles. The highest BCUT2D eigenvalue weighted by Crippen LogP contribution is 2.25. The average Bonchev–Trinajstić information content (AvgIpc) is 3.18. The first kappa shape index (κ1) is 23.8. The van der Waals surface area contributed by atoms with Gasteiger partial charge in [0.05, 0.1) is 17.1 Å². The lowest BCUT2D eigenvalue weighted by molar-refractivity contribution is 0.0929. The second kappa shape index (κ2) is 9.50. The normalized spacial score (nSPS) is 17.9. The number of hydrogen-bond donors (Lipinski definition) is 1. The highest BCUT2D eigenvalue weighted by Gasteiger charge is 2.19. The van der Waals surface area contributed by atoms with Crippen LogP contribution in [0.4, 0.5) is 14.5 Å². The number of hydrogen-bond acceptors (Lipinski definition) is 5. The van der Waals surface area contributed by atoms with Crippen LogP contribution in [0.25, 0.3) is 11.3 Å². The van der Waals surface area contributed by atoms with Gasteiger partial charge in [0.1, 0.15) is 0 Å². The number of carbonyl (C=O) groups is 1. The largest absolute Gasteiger partial charge is 0.367 e. The van der Waals surface area contributed by atoms with Crippen LogP contribution in [0.2, 0.25) is 0 Å². The number of nitrogens with zero attached hydrogens (tertiary/aromatic N) is 5. The minimum Gasteiger partial charge on any atom is -0.367 e. The van der Waals surface area contributed by atoms with Gasteiger partial charge >= 0.3 is 0 Å². The second-order valence-electron chi connectivity index (χ2n) is 8.84. The molecule has 3 aromatic heterocycles. The quantitative estimate of drug-likeness (QED) is 0.630. The van der Waals surface area contributed by atoms with Crippen LogP contribution < -0.4 is 15.7 Å². The first-order valence-electron chi connectivity index (χ1n) is 11.5. The lowest BCUT2D eigenvalue weighted by atomic mass is 10.1. The van der Waals surface area contributed by atoms with Gasteiger partial charge in [-0.1, -0.05) is 6.92 Å².